The number of piperidine rings is 1. The Hall–Kier alpha value is -1.06. The van der Waals surface area contributed by atoms with Crippen molar-refractivity contribution in [3.8, 4) is 0 Å². The number of rotatable bonds is 1. The molecule has 17 heavy (non-hydrogen) atoms. The minimum atomic E-state index is -0.181. The minimum Gasteiger partial charge on any atom is -0.348 e. The zero-order chi connectivity index (χ0) is 11.9. The summed E-state index contributed by atoms with van der Waals surface area (Å²) >= 11 is 5.89. The highest BCUT2D eigenvalue weighted by molar-refractivity contribution is 6.30. The highest BCUT2D eigenvalue weighted by Crippen LogP contribution is 2.48. The van der Waals surface area contributed by atoms with Crippen LogP contribution in [0.1, 0.15) is 24.4 Å². The van der Waals surface area contributed by atoms with E-state index >= 15 is 0 Å². The van der Waals surface area contributed by atoms with E-state index in [1.165, 1.54) is 0 Å². The second-order valence-corrected chi connectivity index (χ2v) is 5.30. The molecule has 2 heterocycles. The molecule has 1 aromatic carbocycles. The molecule has 1 atom stereocenters. The van der Waals surface area contributed by atoms with E-state index in [2.05, 4.69) is 10.6 Å². The van der Waals surface area contributed by atoms with Crippen LogP contribution in [-0.2, 0) is 4.79 Å². The van der Waals surface area contributed by atoms with Crippen LogP contribution in [0.4, 0.5) is 0 Å². The third kappa shape index (κ3) is 1.65. The number of amides is 1. The standard InChI is InChI=1S/C13H15ClN2O/c14-10-3-1-9(2-4-10)11-13(12(17)16-11)5-7-15-8-6-13/h1-4,11,15H,5-8H2,(H,16,17). The van der Waals surface area contributed by atoms with Crippen molar-refractivity contribution >= 4 is 17.5 Å². The van der Waals surface area contributed by atoms with E-state index in [0.717, 1.165) is 36.5 Å². The van der Waals surface area contributed by atoms with Crippen LogP contribution in [0.3, 0.4) is 0 Å². The van der Waals surface area contributed by atoms with E-state index in [4.69, 9.17) is 11.6 Å². The van der Waals surface area contributed by atoms with Gasteiger partial charge in [0.05, 0.1) is 11.5 Å². The normalized spacial score (nSPS) is 26.4. The van der Waals surface area contributed by atoms with Crippen LogP contribution >= 0.6 is 11.6 Å². The van der Waals surface area contributed by atoms with Crippen LogP contribution in [-0.4, -0.2) is 19.0 Å². The van der Waals surface area contributed by atoms with E-state index in [-0.39, 0.29) is 17.4 Å². The summed E-state index contributed by atoms with van der Waals surface area (Å²) in [6.45, 7) is 1.86. The summed E-state index contributed by atoms with van der Waals surface area (Å²) in [6, 6.07) is 7.95. The summed E-state index contributed by atoms with van der Waals surface area (Å²) in [5.74, 6) is 0.207. The zero-order valence-electron chi connectivity index (χ0n) is 9.50. The molecule has 2 saturated heterocycles. The molecule has 1 amide bonds. The third-order valence-corrected chi connectivity index (χ3v) is 4.23. The number of halogens is 1. The zero-order valence-corrected chi connectivity index (χ0v) is 10.3. The molecule has 3 rings (SSSR count). The van der Waals surface area contributed by atoms with E-state index in [0.29, 0.717) is 0 Å². The molecule has 0 radical (unpaired) electrons. The number of benzene rings is 1. The molecule has 2 aliphatic heterocycles. The third-order valence-electron chi connectivity index (χ3n) is 3.98. The first-order valence-corrected chi connectivity index (χ1v) is 6.37. The lowest BCUT2D eigenvalue weighted by molar-refractivity contribution is -0.149. The second-order valence-electron chi connectivity index (χ2n) is 4.86. The summed E-state index contributed by atoms with van der Waals surface area (Å²) in [5.41, 5.74) is 0.981. The highest BCUT2D eigenvalue weighted by atomic mass is 35.5. The van der Waals surface area contributed by atoms with Crippen LogP contribution in [0.2, 0.25) is 5.02 Å². The average Bonchev–Trinajstić information content (AvgIpc) is 2.38. The summed E-state index contributed by atoms with van der Waals surface area (Å²) < 4.78 is 0. The molecule has 2 N–H and O–H groups in total. The summed E-state index contributed by atoms with van der Waals surface area (Å²) in [5, 5.41) is 7.07. The van der Waals surface area contributed by atoms with Crippen molar-refractivity contribution in [2.24, 2.45) is 5.41 Å². The summed E-state index contributed by atoms with van der Waals surface area (Å²) in [6.07, 6.45) is 1.85. The molecule has 3 nitrogen and oxygen atoms in total. The SMILES string of the molecule is O=C1NC(c2ccc(Cl)cc2)C12CCNCC2. The molecule has 1 spiro atoms. The van der Waals surface area contributed by atoms with Crippen LogP contribution in [0.5, 0.6) is 0 Å². The van der Waals surface area contributed by atoms with Crippen molar-refractivity contribution in [1.82, 2.24) is 10.6 Å². The lowest BCUT2D eigenvalue weighted by Gasteiger charge is -2.51. The van der Waals surface area contributed by atoms with Gasteiger partial charge in [0.1, 0.15) is 0 Å². The molecule has 4 heteroatoms. The first kappa shape index (κ1) is 11.1. The highest BCUT2D eigenvalue weighted by Gasteiger charge is 2.55. The second kappa shape index (κ2) is 4.00. The molecule has 0 aliphatic carbocycles. The minimum absolute atomic E-state index is 0.161. The maximum absolute atomic E-state index is 11.9. The molecule has 1 aromatic rings. The molecule has 1 unspecified atom stereocenters. The Bertz CT molecular complexity index is 437. The summed E-state index contributed by atoms with van der Waals surface area (Å²) in [7, 11) is 0. The molecule has 0 saturated carbocycles. The average molecular weight is 251 g/mol. The maximum Gasteiger partial charge on any atom is 0.229 e. The van der Waals surface area contributed by atoms with Gasteiger partial charge in [-0.3, -0.25) is 4.79 Å². The van der Waals surface area contributed by atoms with Gasteiger partial charge in [-0.05, 0) is 43.6 Å². The monoisotopic (exact) mass is 250 g/mol. The van der Waals surface area contributed by atoms with Gasteiger partial charge in [-0.15, -0.1) is 0 Å². The van der Waals surface area contributed by atoms with Gasteiger partial charge in [0, 0.05) is 5.02 Å². The molecular weight excluding hydrogens is 236 g/mol. The van der Waals surface area contributed by atoms with Crippen molar-refractivity contribution in [1.29, 1.82) is 0 Å². The van der Waals surface area contributed by atoms with Crippen molar-refractivity contribution in [2.75, 3.05) is 13.1 Å². The van der Waals surface area contributed by atoms with Crippen molar-refractivity contribution in [3.63, 3.8) is 0 Å². The molecule has 2 fully saturated rings. The van der Waals surface area contributed by atoms with Gasteiger partial charge in [-0.2, -0.15) is 0 Å². The molecule has 0 bridgehead atoms. The number of β-lactam (4-membered cyclic amide) rings is 1. The number of hydrogen-bond acceptors (Lipinski definition) is 2. The topological polar surface area (TPSA) is 41.1 Å². The van der Waals surface area contributed by atoms with Crippen LogP contribution < -0.4 is 10.6 Å². The first-order chi connectivity index (χ1) is 8.22. The van der Waals surface area contributed by atoms with Crippen molar-refractivity contribution in [2.45, 2.75) is 18.9 Å². The lowest BCUT2D eigenvalue weighted by atomic mass is 9.64. The molecular formula is C13H15ClN2O. The first-order valence-electron chi connectivity index (χ1n) is 5.99. The Kier molecular flexibility index (Phi) is 2.60. The summed E-state index contributed by atoms with van der Waals surface area (Å²) in [4.78, 5) is 11.9. The van der Waals surface area contributed by atoms with Crippen molar-refractivity contribution in [3.05, 3.63) is 34.9 Å². The Morgan fingerprint density at radius 1 is 1.18 bits per heavy atom. The van der Waals surface area contributed by atoms with Gasteiger partial charge >= 0.3 is 0 Å². The smallest absolute Gasteiger partial charge is 0.229 e. The van der Waals surface area contributed by atoms with Gasteiger partial charge < -0.3 is 10.6 Å². The fourth-order valence-electron chi connectivity index (χ4n) is 2.91. The van der Waals surface area contributed by atoms with E-state index in [1.807, 2.05) is 24.3 Å². The number of nitrogens with one attached hydrogen (secondary N) is 2. The predicted molar refractivity (Wildman–Crippen MR) is 66.9 cm³/mol. The lowest BCUT2D eigenvalue weighted by Crippen LogP contribution is -2.64. The fraction of sp³-hybridized carbons (Fsp3) is 0.462. The van der Waals surface area contributed by atoms with E-state index in [1.54, 1.807) is 0 Å². The number of carbonyl (C=O) groups excluding carboxylic acids is 1. The Morgan fingerprint density at radius 2 is 1.82 bits per heavy atom. The van der Waals surface area contributed by atoms with Crippen LogP contribution in [0.25, 0.3) is 0 Å². The Morgan fingerprint density at radius 3 is 2.41 bits per heavy atom. The van der Waals surface area contributed by atoms with E-state index < -0.39 is 0 Å². The number of hydrogen-bond donors (Lipinski definition) is 2. The van der Waals surface area contributed by atoms with Crippen molar-refractivity contribution < 1.29 is 4.79 Å². The maximum atomic E-state index is 11.9. The van der Waals surface area contributed by atoms with E-state index in [9.17, 15) is 4.79 Å². The van der Waals surface area contributed by atoms with Gasteiger partial charge in [-0.1, -0.05) is 23.7 Å². The van der Waals surface area contributed by atoms with Gasteiger partial charge in [0.25, 0.3) is 0 Å². The number of carbonyl (C=O) groups is 1. The molecule has 2 aliphatic rings. The molecule has 90 valence electrons. The van der Waals surface area contributed by atoms with Gasteiger partial charge in [-0.25, -0.2) is 0 Å². The van der Waals surface area contributed by atoms with Crippen LogP contribution in [0.15, 0.2) is 24.3 Å². The predicted octanol–water partition coefficient (Wildman–Crippen LogP) is 1.88. The Balaban J connectivity index is 1.88. The quantitative estimate of drug-likeness (QED) is 0.748. The largest absolute Gasteiger partial charge is 0.348 e. The van der Waals surface area contributed by atoms with Gasteiger partial charge in [0.15, 0.2) is 0 Å². The molecule has 0 aromatic heterocycles. The fourth-order valence-corrected chi connectivity index (χ4v) is 3.04. The Labute approximate surface area is 106 Å². The van der Waals surface area contributed by atoms with Crippen LogP contribution in [0, 0.1) is 5.41 Å². The van der Waals surface area contributed by atoms with Gasteiger partial charge in [0.2, 0.25) is 5.91 Å².